The van der Waals surface area contributed by atoms with Gasteiger partial charge in [-0.15, -0.1) is 0 Å². The van der Waals surface area contributed by atoms with E-state index in [4.69, 9.17) is 0 Å². The molecule has 0 aromatic rings. The molecule has 0 radical (unpaired) electrons. The Labute approximate surface area is 157 Å². The summed E-state index contributed by atoms with van der Waals surface area (Å²) in [6.45, 7) is 9.29. The Morgan fingerprint density at radius 2 is 1.92 bits per heavy atom. The van der Waals surface area contributed by atoms with E-state index < -0.39 is 0 Å². The van der Waals surface area contributed by atoms with Gasteiger partial charge in [0.25, 0.3) is 0 Å². The highest BCUT2D eigenvalue weighted by Gasteiger charge is 2.62. The Kier molecular flexibility index (Phi) is 4.28. The van der Waals surface area contributed by atoms with Crippen LogP contribution in [0.25, 0.3) is 0 Å². The normalized spacial score (nSPS) is 52.3. The van der Waals surface area contributed by atoms with Crippen LogP contribution in [-0.2, 0) is 4.79 Å². The van der Waals surface area contributed by atoms with E-state index in [9.17, 15) is 15.0 Å². The second-order valence-electron chi connectivity index (χ2n) is 10.1. The lowest BCUT2D eigenvalue weighted by Gasteiger charge is -2.60. The van der Waals surface area contributed by atoms with Gasteiger partial charge in [-0.25, -0.2) is 0 Å². The molecule has 3 heteroatoms. The van der Waals surface area contributed by atoms with Crippen LogP contribution >= 0.6 is 0 Å². The average Bonchev–Trinajstić information content (AvgIpc) is 2.81. The molecule has 0 heterocycles. The predicted octanol–water partition coefficient (Wildman–Crippen LogP) is 3.90. The van der Waals surface area contributed by atoms with Crippen LogP contribution in [0.5, 0.6) is 0 Å². The average molecular weight is 359 g/mol. The number of aliphatic hydroxyl groups excluding tert-OH is 2. The lowest BCUT2D eigenvalue weighted by atomic mass is 9.45. The fourth-order valence-electron chi connectivity index (χ4n) is 7.84. The van der Waals surface area contributed by atoms with E-state index in [2.05, 4.69) is 27.7 Å². The zero-order chi connectivity index (χ0) is 18.9. The van der Waals surface area contributed by atoms with Crippen LogP contribution in [-0.4, -0.2) is 28.7 Å². The van der Waals surface area contributed by atoms with E-state index in [0.29, 0.717) is 30.1 Å². The highest BCUT2D eigenvalue weighted by atomic mass is 16.3. The zero-order valence-corrected chi connectivity index (χ0v) is 16.7. The maximum atomic E-state index is 12.1. The lowest BCUT2D eigenvalue weighted by molar-refractivity contribution is -0.128. The Balaban J connectivity index is 1.78. The maximum absolute atomic E-state index is 12.1. The molecule has 3 saturated carbocycles. The van der Waals surface area contributed by atoms with Gasteiger partial charge in [0.1, 0.15) is 0 Å². The van der Waals surface area contributed by atoms with E-state index in [1.165, 1.54) is 11.1 Å². The molecule has 4 aliphatic carbocycles. The number of rotatable bonds is 1. The minimum absolute atomic E-state index is 0.00448. The Bertz CT molecular complexity index is 677. The van der Waals surface area contributed by atoms with Crippen molar-refractivity contribution in [3.05, 3.63) is 23.3 Å². The number of ketones is 1. The van der Waals surface area contributed by atoms with Gasteiger partial charge in [0.15, 0.2) is 5.78 Å². The summed E-state index contributed by atoms with van der Waals surface area (Å²) in [5, 5.41) is 20.9. The first-order valence-corrected chi connectivity index (χ1v) is 10.5. The highest BCUT2D eigenvalue weighted by molar-refractivity contribution is 5.91. The van der Waals surface area contributed by atoms with Crippen LogP contribution in [0.4, 0.5) is 0 Å². The van der Waals surface area contributed by atoms with E-state index in [1.54, 1.807) is 0 Å². The van der Waals surface area contributed by atoms with Crippen LogP contribution < -0.4 is 0 Å². The van der Waals surface area contributed by atoms with Crippen molar-refractivity contribution in [3.8, 4) is 0 Å². The third-order valence-corrected chi connectivity index (χ3v) is 8.71. The first kappa shape index (κ1) is 18.4. The molecule has 0 unspecified atom stereocenters. The number of fused-ring (bicyclic) bond motifs is 5. The first-order valence-electron chi connectivity index (χ1n) is 10.5. The van der Waals surface area contributed by atoms with Crippen LogP contribution in [0.3, 0.4) is 0 Å². The summed E-state index contributed by atoms with van der Waals surface area (Å²) >= 11 is 0. The molecule has 0 aliphatic heterocycles. The largest absolute Gasteiger partial charge is 0.393 e. The SMILES string of the molecule is C[C@H]1C[C@@H]2[C@H]([C@@H](O)C[C@]3(C)C(=CCO)[C@@H](C)C[C@@H]23)[C@@]2(C)CCC(=O)C=C12. The van der Waals surface area contributed by atoms with E-state index >= 15 is 0 Å². The van der Waals surface area contributed by atoms with Gasteiger partial charge in [-0.1, -0.05) is 44.9 Å². The third kappa shape index (κ3) is 2.36. The smallest absolute Gasteiger partial charge is 0.155 e. The molecule has 8 atom stereocenters. The second-order valence-corrected chi connectivity index (χ2v) is 10.1. The molecule has 0 bridgehead atoms. The predicted molar refractivity (Wildman–Crippen MR) is 102 cm³/mol. The molecule has 144 valence electrons. The van der Waals surface area contributed by atoms with Gasteiger partial charge in [0.05, 0.1) is 12.7 Å². The summed E-state index contributed by atoms with van der Waals surface area (Å²) in [5.74, 6) is 2.50. The minimum Gasteiger partial charge on any atom is -0.393 e. The van der Waals surface area contributed by atoms with Crippen molar-refractivity contribution in [2.75, 3.05) is 6.61 Å². The molecular formula is C23H34O3. The molecule has 0 aromatic carbocycles. The number of hydrogen-bond acceptors (Lipinski definition) is 3. The molecule has 4 rings (SSSR count). The molecule has 0 spiro atoms. The van der Waals surface area contributed by atoms with Gasteiger partial charge >= 0.3 is 0 Å². The Morgan fingerprint density at radius 3 is 2.62 bits per heavy atom. The van der Waals surface area contributed by atoms with Gasteiger partial charge in [-0.2, -0.15) is 0 Å². The van der Waals surface area contributed by atoms with E-state index in [1.807, 2.05) is 12.2 Å². The Morgan fingerprint density at radius 1 is 1.19 bits per heavy atom. The molecule has 0 saturated heterocycles. The third-order valence-electron chi connectivity index (χ3n) is 8.71. The molecule has 26 heavy (non-hydrogen) atoms. The number of carbonyl (C=O) groups excluding carboxylic acids is 1. The van der Waals surface area contributed by atoms with Gasteiger partial charge in [0.2, 0.25) is 0 Å². The summed E-state index contributed by atoms with van der Waals surface area (Å²) in [4.78, 5) is 12.1. The van der Waals surface area contributed by atoms with Crippen molar-refractivity contribution in [1.82, 2.24) is 0 Å². The summed E-state index contributed by atoms with van der Waals surface area (Å²) in [7, 11) is 0. The van der Waals surface area contributed by atoms with Gasteiger partial charge in [-0.3, -0.25) is 4.79 Å². The molecule has 0 amide bonds. The summed E-state index contributed by atoms with van der Waals surface area (Å²) < 4.78 is 0. The first-order chi connectivity index (χ1) is 12.2. The number of carbonyl (C=O) groups is 1. The molecule has 0 aromatic heterocycles. The minimum atomic E-state index is -0.331. The van der Waals surface area contributed by atoms with Crippen molar-refractivity contribution < 1.29 is 15.0 Å². The van der Waals surface area contributed by atoms with Crippen LogP contribution in [0.1, 0.15) is 59.8 Å². The van der Waals surface area contributed by atoms with Crippen molar-refractivity contribution in [2.45, 2.75) is 65.9 Å². The van der Waals surface area contributed by atoms with Crippen molar-refractivity contribution >= 4 is 5.78 Å². The number of hydrogen-bond donors (Lipinski definition) is 2. The highest BCUT2D eigenvalue weighted by Crippen LogP contribution is 2.68. The molecule has 4 aliphatic rings. The quantitative estimate of drug-likeness (QED) is 0.699. The van der Waals surface area contributed by atoms with Crippen LogP contribution in [0.2, 0.25) is 0 Å². The zero-order valence-electron chi connectivity index (χ0n) is 16.7. The van der Waals surface area contributed by atoms with Gasteiger partial charge < -0.3 is 10.2 Å². The molecule has 3 nitrogen and oxygen atoms in total. The fraction of sp³-hybridized carbons (Fsp3) is 0.783. The van der Waals surface area contributed by atoms with Crippen molar-refractivity contribution in [1.29, 1.82) is 0 Å². The van der Waals surface area contributed by atoms with Crippen LogP contribution in [0, 0.1) is 40.4 Å². The standard InChI is InChI=1S/C23H34O3/c1-13-9-16-19-10-14(2)17(6-8-24)23(19,4)12-20(26)21(16)22(3)7-5-15(25)11-18(13)22/h6,11,13-14,16,19-21,24,26H,5,7-10,12H2,1-4H3/t13-,14-,16-,19-,20-,21+,22-,23+/m0/s1. The fourth-order valence-corrected chi connectivity index (χ4v) is 7.84. The number of allylic oxidation sites excluding steroid dienone is 2. The monoisotopic (exact) mass is 358 g/mol. The lowest BCUT2D eigenvalue weighted by Crippen LogP contribution is -2.57. The van der Waals surface area contributed by atoms with Crippen LogP contribution in [0.15, 0.2) is 23.3 Å². The second kappa shape index (κ2) is 6.04. The van der Waals surface area contributed by atoms with E-state index in [0.717, 1.165) is 25.7 Å². The maximum Gasteiger partial charge on any atom is 0.155 e. The molecule has 2 N–H and O–H groups in total. The Hall–Kier alpha value is -0.930. The summed E-state index contributed by atoms with van der Waals surface area (Å²) in [6.07, 6.45) is 8.14. The summed E-state index contributed by atoms with van der Waals surface area (Å²) in [5.41, 5.74) is 2.63. The molecular weight excluding hydrogens is 324 g/mol. The topological polar surface area (TPSA) is 57.5 Å². The van der Waals surface area contributed by atoms with E-state index in [-0.39, 0.29) is 35.2 Å². The van der Waals surface area contributed by atoms with Crippen molar-refractivity contribution in [2.24, 2.45) is 40.4 Å². The van der Waals surface area contributed by atoms with Gasteiger partial charge in [0, 0.05) is 6.42 Å². The molecule has 3 fully saturated rings. The number of aliphatic hydroxyl groups is 2. The summed E-state index contributed by atoms with van der Waals surface area (Å²) in [6, 6.07) is 0. The van der Waals surface area contributed by atoms with Crippen molar-refractivity contribution in [3.63, 3.8) is 0 Å². The van der Waals surface area contributed by atoms with Gasteiger partial charge in [-0.05, 0) is 72.2 Å².